The number of benzene rings is 1. The van der Waals surface area contributed by atoms with Gasteiger partial charge in [0.05, 0.1) is 6.04 Å². The molecule has 0 aliphatic carbocycles. The van der Waals surface area contributed by atoms with Gasteiger partial charge in [-0.05, 0) is 31.5 Å². The predicted molar refractivity (Wildman–Crippen MR) is 62.1 cm³/mol. The molecule has 2 N–H and O–H groups in total. The number of urea groups is 1. The van der Waals surface area contributed by atoms with E-state index in [1.54, 1.807) is 0 Å². The fourth-order valence-electron chi connectivity index (χ4n) is 1.27. The van der Waals surface area contributed by atoms with E-state index >= 15 is 0 Å². The highest BCUT2D eigenvalue weighted by Crippen LogP contribution is 2.16. The van der Waals surface area contributed by atoms with Crippen molar-refractivity contribution in [1.82, 2.24) is 10.6 Å². The summed E-state index contributed by atoms with van der Waals surface area (Å²) >= 11 is 5.86. The maximum Gasteiger partial charge on any atom is 0.315 e. The second-order valence-electron chi connectivity index (χ2n) is 3.28. The Morgan fingerprint density at radius 3 is 2.87 bits per heavy atom. The highest BCUT2D eigenvalue weighted by molar-refractivity contribution is 6.30. The standard InChI is InChI=1S/C11H15ClN2O/c1-3-13-11(15)14-8(2)9-5-4-6-10(12)7-9/h4-8H,3H2,1-2H3,(H2,13,14,15). The second-order valence-corrected chi connectivity index (χ2v) is 3.72. The summed E-state index contributed by atoms with van der Waals surface area (Å²) in [4.78, 5) is 11.3. The Labute approximate surface area is 94.8 Å². The summed E-state index contributed by atoms with van der Waals surface area (Å²) in [6.07, 6.45) is 0. The molecule has 0 aliphatic heterocycles. The smallest absolute Gasteiger partial charge is 0.315 e. The van der Waals surface area contributed by atoms with Crippen LogP contribution >= 0.6 is 11.6 Å². The van der Waals surface area contributed by atoms with Crippen LogP contribution in [0.1, 0.15) is 25.5 Å². The molecule has 82 valence electrons. The van der Waals surface area contributed by atoms with Crippen LogP contribution in [0.4, 0.5) is 4.79 Å². The molecular weight excluding hydrogens is 212 g/mol. The molecule has 4 heteroatoms. The normalized spacial score (nSPS) is 11.9. The Morgan fingerprint density at radius 2 is 2.27 bits per heavy atom. The van der Waals surface area contributed by atoms with Gasteiger partial charge in [-0.1, -0.05) is 23.7 Å². The summed E-state index contributed by atoms with van der Waals surface area (Å²) in [6, 6.07) is 7.25. The largest absolute Gasteiger partial charge is 0.338 e. The van der Waals surface area contributed by atoms with Crippen LogP contribution in [0.5, 0.6) is 0 Å². The summed E-state index contributed by atoms with van der Waals surface area (Å²) in [6.45, 7) is 4.42. The third-order valence-corrected chi connectivity index (χ3v) is 2.27. The molecule has 2 amide bonds. The van der Waals surface area contributed by atoms with E-state index in [9.17, 15) is 4.79 Å². The van der Waals surface area contributed by atoms with Crippen LogP contribution in [0.2, 0.25) is 5.02 Å². The number of halogens is 1. The van der Waals surface area contributed by atoms with Gasteiger partial charge in [0, 0.05) is 11.6 Å². The van der Waals surface area contributed by atoms with Crippen LogP contribution in [-0.4, -0.2) is 12.6 Å². The number of carbonyl (C=O) groups excluding carboxylic acids is 1. The van der Waals surface area contributed by atoms with E-state index in [0.29, 0.717) is 11.6 Å². The van der Waals surface area contributed by atoms with Crippen molar-refractivity contribution in [2.75, 3.05) is 6.54 Å². The number of carbonyl (C=O) groups is 1. The van der Waals surface area contributed by atoms with Gasteiger partial charge in [0.1, 0.15) is 0 Å². The first-order chi connectivity index (χ1) is 7.13. The lowest BCUT2D eigenvalue weighted by molar-refractivity contribution is 0.238. The monoisotopic (exact) mass is 226 g/mol. The van der Waals surface area contributed by atoms with Gasteiger partial charge in [-0.3, -0.25) is 0 Å². The number of nitrogens with one attached hydrogen (secondary N) is 2. The van der Waals surface area contributed by atoms with Crippen LogP contribution < -0.4 is 10.6 Å². The first-order valence-electron chi connectivity index (χ1n) is 4.93. The molecule has 15 heavy (non-hydrogen) atoms. The minimum absolute atomic E-state index is 0.0461. The average Bonchev–Trinajstić information content (AvgIpc) is 2.18. The van der Waals surface area contributed by atoms with Crippen LogP contribution in [0.3, 0.4) is 0 Å². The summed E-state index contributed by atoms with van der Waals surface area (Å²) in [7, 11) is 0. The van der Waals surface area contributed by atoms with Crippen molar-refractivity contribution in [2.24, 2.45) is 0 Å². The molecule has 0 saturated carbocycles. The van der Waals surface area contributed by atoms with Gasteiger partial charge in [-0.25, -0.2) is 4.79 Å². The van der Waals surface area contributed by atoms with Crippen LogP contribution in [-0.2, 0) is 0 Å². The second kappa shape index (κ2) is 5.61. The summed E-state index contributed by atoms with van der Waals surface area (Å²) in [5.41, 5.74) is 0.994. The molecule has 0 aliphatic rings. The number of amides is 2. The molecule has 0 bridgehead atoms. The summed E-state index contributed by atoms with van der Waals surface area (Å²) in [5.74, 6) is 0. The molecule has 3 nitrogen and oxygen atoms in total. The molecule has 0 aromatic heterocycles. The number of rotatable bonds is 3. The zero-order chi connectivity index (χ0) is 11.3. The molecule has 0 saturated heterocycles. The van der Waals surface area contributed by atoms with Crippen molar-refractivity contribution in [3.63, 3.8) is 0 Å². The van der Waals surface area contributed by atoms with Gasteiger partial charge in [-0.15, -0.1) is 0 Å². The van der Waals surface area contributed by atoms with Crippen molar-refractivity contribution < 1.29 is 4.79 Å². The van der Waals surface area contributed by atoms with Crippen molar-refractivity contribution in [3.8, 4) is 0 Å². The zero-order valence-electron chi connectivity index (χ0n) is 8.88. The first kappa shape index (κ1) is 11.9. The Bertz CT molecular complexity index is 341. The molecule has 1 aromatic carbocycles. The fraction of sp³-hybridized carbons (Fsp3) is 0.364. The Kier molecular flexibility index (Phi) is 4.43. The minimum atomic E-state index is -0.162. The Morgan fingerprint density at radius 1 is 1.53 bits per heavy atom. The van der Waals surface area contributed by atoms with Gasteiger partial charge in [0.2, 0.25) is 0 Å². The number of hydrogen-bond donors (Lipinski definition) is 2. The molecule has 0 spiro atoms. The maximum absolute atomic E-state index is 11.3. The van der Waals surface area contributed by atoms with E-state index in [0.717, 1.165) is 5.56 Å². The lowest BCUT2D eigenvalue weighted by Gasteiger charge is -2.14. The molecule has 1 atom stereocenters. The van der Waals surface area contributed by atoms with Gasteiger partial charge in [0.15, 0.2) is 0 Å². The van der Waals surface area contributed by atoms with Crippen LogP contribution in [0, 0.1) is 0 Å². The fourth-order valence-corrected chi connectivity index (χ4v) is 1.47. The SMILES string of the molecule is CCNC(=O)NC(C)c1cccc(Cl)c1. The Hall–Kier alpha value is -1.22. The van der Waals surface area contributed by atoms with E-state index in [4.69, 9.17) is 11.6 Å². The van der Waals surface area contributed by atoms with Crippen LogP contribution in [0.25, 0.3) is 0 Å². The first-order valence-corrected chi connectivity index (χ1v) is 5.31. The van der Waals surface area contributed by atoms with Crippen molar-refractivity contribution in [1.29, 1.82) is 0 Å². The van der Waals surface area contributed by atoms with E-state index in [-0.39, 0.29) is 12.1 Å². The minimum Gasteiger partial charge on any atom is -0.338 e. The van der Waals surface area contributed by atoms with Gasteiger partial charge in [-0.2, -0.15) is 0 Å². The van der Waals surface area contributed by atoms with Crippen molar-refractivity contribution in [3.05, 3.63) is 34.9 Å². The molecule has 0 fully saturated rings. The van der Waals surface area contributed by atoms with Crippen molar-refractivity contribution in [2.45, 2.75) is 19.9 Å². The summed E-state index contributed by atoms with van der Waals surface area (Å²) < 4.78 is 0. The lowest BCUT2D eigenvalue weighted by Crippen LogP contribution is -2.36. The highest BCUT2D eigenvalue weighted by atomic mass is 35.5. The van der Waals surface area contributed by atoms with Crippen molar-refractivity contribution >= 4 is 17.6 Å². The van der Waals surface area contributed by atoms with Gasteiger partial charge < -0.3 is 10.6 Å². The maximum atomic E-state index is 11.3. The number of hydrogen-bond acceptors (Lipinski definition) is 1. The molecule has 0 radical (unpaired) electrons. The third kappa shape index (κ3) is 3.80. The summed E-state index contributed by atoms with van der Waals surface area (Å²) in [5, 5.41) is 6.17. The topological polar surface area (TPSA) is 41.1 Å². The van der Waals surface area contributed by atoms with Gasteiger partial charge in [0.25, 0.3) is 0 Å². The third-order valence-electron chi connectivity index (χ3n) is 2.03. The van der Waals surface area contributed by atoms with Crippen LogP contribution in [0.15, 0.2) is 24.3 Å². The predicted octanol–water partition coefficient (Wildman–Crippen LogP) is 2.72. The zero-order valence-corrected chi connectivity index (χ0v) is 9.64. The molecule has 1 aromatic rings. The van der Waals surface area contributed by atoms with E-state index in [1.807, 2.05) is 38.1 Å². The Balaban J connectivity index is 2.60. The molecule has 1 rings (SSSR count). The quantitative estimate of drug-likeness (QED) is 0.818. The molecule has 0 heterocycles. The van der Waals surface area contributed by atoms with E-state index in [1.165, 1.54) is 0 Å². The average molecular weight is 227 g/mol. The molecule has 1 unspecified atom stereocenters. The highest BCUT2D eigenvalue weighted by Gasteiger charge is 2.08. The lowest BCUT2D eigenvalue weighted by atomic mass is 10.1. The van der Waals surface area contributed by atoms with Gasteiger partial charge >= 0.3 is 6.03 Å². The van der Waals surface area contributed by atoms with E-state index < -0.39 is 0 Å². The van der Waals surface area contributed by atoms with E-state index in [2.05, 4.69) is 10.6 Å². The molecular formula is C11H15ClN2O.